The molecule has 1 aromatic carbocycles. The van der Waals surface area contributed by atoms with Gasteiger partial charge in [0.05, 0.1) is 25.6 Å². The molecule has 0 aromatic heterocycles. The lowest BCUT2D eigenvalue weighted by Crippen LogP contribution is -2.26. The molecule has 1 aromatic rings. The number of benzene rings is 1. The Hall–Kier alpha value is -1.58. The van der Waals surface area contributed by atoms with Gasteiger partial charge in [-0.15, -0.1) is 0 Å². The van der Waals surface area contributed by atoms with E-state index in [1.54, 1.807) is 14.2 Å². The van der Waals surface area contributed by atoms with E-state index >= 15 is 0 Å². The molecule has 1 heterocycles. The van der Waals surface area contributed by atoms with Crippen molar-refractivity contribution in [3.8, 4) is 11.5 Å². The van der Waals surface area contributed by atoms with Crippen molar-refractivity contribution in [2.75, 3.05) is 37.9 Å². The zero-order valence-electron chi connectivity index (χ0n) is 13.0. The molecule has 0 unspecified atom stereocenters. The number of nitrogens with zero attached hydrogens (tertiary/aromatic N) is 1. The predicted molar refractivity (Wildman–Crippen MR) is 83.8 cm³/mol. The van der Waals surface area contributed by atoms with Crippen LogP contribution in [-0.4, -0.2) is 27.3 Å². The molecule has 20 heavy (non-hydrogen) atoms. The second-order valence-electron chi connectivity index (χ2n) is 6.27. The van der Waals surface area contributed by atoms with Crippen LogP contribution in [0.2, 0.25) is 0 Å². The van der Waals surface area contributed by atoms with Crippen LogP contribution in [0, 0.1) is 5.41 Å². The standard InChI is InChI=1S/C16H26N2O2/c1-16(2)6-5-8-18(9-7-16)13-11-15(20-4)14(19-3)10-12(13)17/h10-11H,5-9,17H2,1-4H3. The normalized spacial score (nSPS) is 18.5. The van der Waals surface area contributed by atoms with E-state index in [-0.39, 0.29) is 0 Å². The molecule has 0 atom stereocenters. The Kier molecular flexibility index (Phi) is 4.31. The molecule has 0 amide bonds. The number of methoxy groups -OCH3 is 2. The molecule has 0 radical (unpaired) electrons. The molecule has 1 aliphatic rings. The first-order chi connectivity index (χ1) is 9.46. The maximum atomic E-state index is 6.19. The number of rotatable bonds is 3. The Balaban J connectivity index is 2.28. The number of ether oxygens (including phenoxy) is 2. The molecule has 1 fully saturated rings. The van der Waals surface area contributed by atoms with E-state index in [4.69, 9.17) is 15.2 Å². The van der Waals surface area contributed by atoms with Crippen molar-refractivity contribution in [1.82, 2.24) is 0 Å². The third-order valence-corrected chi connectivity index (χ3v) is 4.21. The second kappa shape index (κ2) is 5.81. The number of nitrogen functional groups attached to an aromatic ring is 1. The Labute approximate surface area is 121 Å². The molecule has 2 N–H and O–H groups in total. The van der Waals surface area contributed by atoms with Gasteiger partial charge in [-0.25, -0.2) is 0 Å². The topological polar surface area (TPSA) is 47.7 Å². The molecule has 1 saturated heterocycles. The Morgan fingerprint density at radius 1 is 1.05 bits per heavy atom. The number of anilines is 2. The lowest BCUT2D eigenvalue weighted by Gasteiger charge is -2.26. The van der Waals surface area contributed by atoms with E-state index in [0.717, 1.165) is 30.2 Å². The van der Waals surface area contributed by atoms with Gasteiger partial charge in [0.1, 0.15) is 0 Å². The Morgan fingerprint density at radius 2 is 1.70 bits per heavy atom. The number of hydrogen-bond donors (Lipinski definition) is 1. The van der Waals surface area contributed by atoms with E-state index in [2.05, 4.69) is 18.7 Å². The summed E-state index contributed by atoms with van der Waals surface area (Å²) in [6.07, 6.45) is 3.64. The zero-order chi connectivity index (χ0) is 14.8. The van der Waals surface area contributed by atoms with Gasteiger partial charge in [0.25, 0.3) is 0 Å². The number of hydrogen-bond acceptors (Lipinski definition) is 4. The maximum absolute atomic E-state index is 6.19. The van der Waals surface area contributed by atoms with Gasteiger partial charge in [0.15, 0.2) is 11.5 Å². The van der Waals surface area contributed by atoms with Gasteiger partial charge < -0.3 is 20.1 Å². The minimum absolute atomic E-state index is 0.417. The summed E-state index contributed by atoms with van der Waals surface area (Å²) in [6.45, 7) is 6.76. The van der Waals surface area contributed by atoms with Crippen LogP contribution >= 0.6 is 0 Å². The maximum Gasteiger partial charge on any atom is 0.162 e. The fraction of sp³-hybridized carbons (Fsp3) is 0.625. The summed E-state index contributed by atoms with van der Waals surface area (Å²) < 4.78 is 10.7. The molecule has 0 bridgehead atoms. The molecule has 0 aliphatic carbocycles. The fourth-order valence-electron chi connectivity index (χ4n) is 2.82. The highest BCUT2D eigenvalue weighted by atomic mass is 16.5. The van der Waals surface area contributed by atoms with Crippen LogP contribution < -0.4 is 20.1 Å². The highest BCUT2D eigenvalue weighted by molar-refractivity contribution is 5.73. The van der Waals surface area contributed by atoms with Gasteiger partial charge >= 0.3 is 0 Å². The summed E-state index contributed by atoms with van der Waals surface area (Å²) in [5.74, 6) is 1.42. The minimum atomic E-state index is 0.417. The first kappa shape index (κ1) is 14.8. The average Bonchev–Trinajstić information content (AvgIpc) is 2.59. The minimum Gasteiger partial charge on any atom is -0.493 e. The van der Waals surface area contributed by atoms with Gasteiger partial charge in [-0.05, 0) is 24.7 Å². The number of nitrogens with two attached hydrogens (primary N) is 1. The smallest absolute Gasteiger partial charge is 0.162 e. The molecule has 0 spiro atoms. The molecule has 2 rings (SSSR count). The van der Waals surface area contributed by atoms with E-state index in [1.165, 1.54) is 19.3 Å². The third kappa shape index (κ3) is 3.11. The molecule has 1 aliphatic heterocycles. The molecule has 4 nitrogen and oxygen atoms in total. The molecular formula is C16H26N2O2. The lowest BCUT2D eigenvalue weighted by molar-refractivity contribution is 0.325. The Morgan fingerprint density at radius 3 is 2.35 bits per heavy atom. The first-order valence-electron chi connectivity index (χ1n) is 7.23. The van der Waals surface area contributed by atoms with Crippen molar-refractivity contribution in [2.24, 2.45) is 5.41 Å². The summed E-state index contributed by atoms with van der Waals surface area (Å²) in [6, 6.07) is 3.84. The van der Waals surface area contributed by atoms with Gasteiger partial charge in [-0.3, -0.25) is 0 Å². The highest BCUT2D eigenvalue weighted by Gasteiger charge is 2.24. The van der Waals surface area contributed by atoms with Crippen LogP contribution in [0.15, 0.2) is 12.1 Å². The third-order valence-electron chi connectivity index (χ3n) is 4.21. The van der Waals surface area contributed by atoms with E-state index in [1.807, 2.05) is 12.1 Å². The van der Waals surface area contributed by atoms with Crippen LogP contribution in [0.4, 0.5) is 11.4 Å². The fourth-order valence-corrected chi connectivity index (χ4v) is 2.82. The van der Waals surface area contributed by atoms with Crippen molar-refractivity contribution in [3.63, 3.8) is 0 Å². The van der Waals surface area contributed by atoms with Crippen molar-refractivity contribution in [1.29, 1.82) is 0 Å². The summed E-state index contributed by atoms with van der Waals surface area (Å²) >= 11 is 0. The van der Waals surface area contributed by atoms with Gasteiger partial charge in [-0.2, -0.15) is 0 Å². The van der Waals surface area contributed by atoms with Crippen LogP contribution in [0.25, 0.3) is 0 Å². The molecule has 0 saturated carbocycles. The summed E-state index contributed by atoms with van der Waals surface area (Å²) in [5, 5.41) is 0. The SMILES string of the molecule is COc1cc(N)c(N2CCCC(C)(C)CC2)cc1OC. The van der Waals surface area contributed by atoms with Crippen LogP contribution in [0.3, 0.4) is 0 Å². The van der Waals surface area contributed by atoms with Crippen LogP contribution in [-0.2, 0) is 0 Å². The van der Waals surface area contributed by atoms with Gasteiger partial charge in [0, 0.05) is 25.2 Å². The summed E-state index contributed by atoms with van der Waals surface area (Å²) in [5.41, 5.74) is 8.42. The van der Waals surface area contributed by atoms with Gasteiger partial charge in [-0.1, -0.05) is 13.8 Å². The zero-order valence-corrected chi connectivity index (χ0v) is 13.0. The molecule has 4 heteroatoms. The second-order valence-corrected chi connectivity index (χ2v) is 6.27. The predicted octanol–water partition coefficient (Wildman–Crippen LogP) is 3.30. The van der Waals surface area contributed by atoms with Gasteiger partial charge in [0.2, 0.25) is 0 Å². The summed E-state index contributed by atoms with van der Waals surface area (Å²) in [4.78, 5) is 2.37. The van der Waals surface area contributed by atoms with Crippen molar-refractivity contribution < 1.29 is 9.47 Å². The first-order valence-corrected chi connectivity index (χ1v) is 7.23. The van der Waals surface area contributed by atoms with Crippen LogP contribution in [0.1, 0.15) is 33.1 Å². The summed E-state index contributed by atoms with van der Waals surface area (Å²) in [7, 11) is 3.29. The van der Waals surface area contributed by atoms with Crippen LogP contribution in [0.5, 0.6) is 11.5 Å². The van der Waals surface area contributed by atoms with E-state index in [9.17, 15) is 0 Å². The van der Waals surface area contributed by atoms with Crippen molar-refractivity contribution >= 4 is 11.4 Å². The molecule has 112 valence electrons. The molecular weight excluding hydrogens is 252 g/mol. The quantitative estimate of drug-likeness (QED) is 0.862. The van der Waals surface area contributed by atoms with Crippen molar-refractivity contribution in [3.05, 3.63) is 12.1 Å². The Bertz CT molecular complexity index is 472. The van der Waals surface area contributed by atoms with E-state index < -0.39 is 0 Å². The average molecular weight is 278 g/mol. The largest absolute Gasteiger partial charge is 0.493 e. The highest BCUT2D eigenvalue weighted by Crippen LogP contribution is 2.39. The lowest BCUT2D eigenvalue weighted by atomic mass is 9.85. The monoisotopic (exact) mass is 278 g/mol. The van der Waals surface area contributed by atoms with E-state index in [0.29, 0.717) is 11.2 Å². The van der Waals surface area contributed by atoms with Crippen molar-refractivity contribution in [2.45, 2.75) is 33.1 Å².